The summed E-state index contributed by atoms with van der Waals surface area (Å²) in [5, 5.41) is 9.14. The van der Waals surface area contributed by atoms with Crippen molar-refractivity contribution in [1.82, 2.24) is 14.4 Å². The number of anilines is 1. The molecule has 1 saturated heterocycles. The minimum absolute atomic E-state index is 0.0248. The highest BCUT2D eigenvalue weighted by Crippen LogP contribution is 2.37. The third-order valence-electron chi connectivity index (χ3n) is 6.32. The fourth-order valence-corrected chi connectivity index (χ4v) is 4.60. The molecule has 0 saturated carbocycles. The largest absolute Gasteiger partial charge is 0.494 e. The van der Waals surface area contributed by atoms with Crippen LogP contribution in [-0.4, -0.2) is 40.6 Å². The van der Waals surface area contributed by atoms with Crippen LogP contribution in [0.15, 0.2) is 48.8 Å². The minimum atomic E-state index is -0.647. The van der Waals surface area contributed by atoms with Crippen LogP contribution in [0.25, 0.3) is 28.2 Å². The van der Waals surface area contributed by atoms with Gasteiger partial charge in [0.25, 0.3) is 0 Å². The molecule has 0 bridgehead atoms. The van der Waals surface area contributed by atoms with Crippen LogP contribution >= 0.6 is 0 Å². The van der Waals surface area contributed by atoms with E-state index in [0.29, 0.717) is 40.5 Å². The number of nitrogens with two attached hydrogens (primary N) is 1. The van der Waals surface area contributed by atoms with Crippen molar-refractivity contribution in [2.45, 2.75) is 25.3 Å². The fourth-order valence-electron chi connectivity index (χ4n) is 4.60. The van der Waals surface area contributed by atoms with Gasteiger partial charge in [-0.1, -0.05) is 12.5 Å². The SMILES string of the molecule is COc1ccc(-c2c(-c3ccc(C#N)c(F)c3)nc3c(N4CCCCC(N)C4)nccn23)cc1F. The van der Waals surface area contributed by atoms with Gasteiger partial charge >= 0.3 is 0 Å². The van der Waals surface area contributed by atoms with Gasteiger partial charge in [0.2, 0.25) is 0 Å². The molecule has 2 aromatic carbocycles. The number of aromatic nitrogens is 3. The number of ether oxygens (including phenoxy) is 1. The summed E-state index contributed by atoms with van der Waals surface area (Å²) in [6, 6.07) is 10.8. The number of fused-ring (bicyclic) bond motifs is 1. The first kappa shape index (κ1) is 22.7. The van der Waals surface area contributed by atoms with E-state index in [-0.39, 0.29) is 17.4 Å². The van der Waals surface area contributed by atoms with E-state index in [1.807, 2.05) is 10.5 Å². The zero-order chi connectivity index (χ0) is 24.5. The summed E-state index contributed by atoms with van der Waals surface area (Å²) in [7, 11) is 1.40. The zero-order valence-corrected chi connectivity index (χ0v) is 19.2. The number of hydrogen-bond acceptors (Lipinski definition) is 6. The van der Waals surface area contributed by atoms with Crippen molar-refractivity contribution >= 4 is 11.5 Å². The lowest BCUT2D eigenvalue weighted by atomic mass is 10.0. The molecule has 1 aliphatic heterocycles. The lowest BCUT2D eigenvalue weighted by molar-refractivity contribution is 0.386. The number of hydrogen-bond donors (Lipinski definition) is 1. The molecule has 178 valence electrons. The molecule has 1 fully saturated rings. The smallest absolute Gasteiger partial charge is 0.181 e. The number of rotatable bonds is 4. The van der Waals surface area contributed by atoms with Crippen molar-refractivity contribution in [3.63, 3.8) is 0 Å². The molecule has 9 heteroatoms. The minimum Gasteiger partial charge on any atom is -0.494 e. The Bertz CT molecular complexity index is 1440. The summed E-state index contributed by atoms with van der Waals surface area (Å²) in [6.07, 6.45) is 6.40. The molecule has 5 rings (SSSR count). The fraction of sp³-hybridized carbons (Fsp3) is 0.269. The van der Waals surface area contributed by atoms with Crippen LogP contribution < -0.4 is 15.4 Å². The molecule has 35 heavy (non-hydrogen) atoms. The molecule has 1 unspecified atom stereocenters. The average Bonchev–Trinajstić information content (AvgIpc) is 3.12. The molecular formula is C26H24F2N6O. The molecule has 4 aromatic rings. The third-order valence-corrected chi connectivity index (χ3v) is 6.32. The van der Waals surface area contributed by atoms with Crippen molar-refractivity contribution in [2.75, 3.05) is 25.1 Å². The topological polar surface area (TPSA) is 92.5 Å². The van der Waals surface area contributed by atoms with Gasteiger partial charge in [0, 0.05) is 42.7 Å². The number of halogens is 2. The Morgan fingerprint density at radius 1 is 1.11 bits per heavy atom. The van der Waals surface area contributed by atoms with Gasteiger partial charge < -0.3 is 15.4 Å². The second-order valence-electron chi connectivity index (χ2n) is 8.61. The van der Waals surface area contributed by atoms with E-state index in [2.05, 4.69) is 9.88 Å². The highest BCUT2D eigenvalue weighted by atomic mass is 19.1. The quantitative estimate of drug-likeness (QED) is 0.467. The third kappa shape index (κ3) is 4.17. The highest BCUT2D eigenvalue weighted by molar-refractivity contribution is 5.85. The Kier molecular flexibility index (Phi) is 6.05. The van der Waals surface area contributed by atoms with Crippen LogP contribution in [0.1, 0.15) is 24.8 Å². The monoisotopic (exact) mass is 474 g/mol. The molecule has 1 atom stereocenters. The molecule has 7 nitrogen and oxygen atoms in total. The predicted molar refractivity (Wildman–Crippen MR) is 129 cm³/mol. The predicted octanol–water partition coefficient (Wildman–Crippen LogP) is 4.54. The van der Waals surface area contributed by atoms with Gasteiger partial charge in [0.15, 0.2) is 23.0 Å². The van der Waals surface area contributed by atoms with Crippen molar-refractivity contribution in [1.29, 1.82) is 5.26 Å². The summed E-state index contributed by atoms with van der Waals surface area (Å²) in [5.41, 5.74) is 8.83. The van der Waals surface area contributed by atoms with E-state index in [4.69, 9.17) is 20.7 Å². The second-order valence-corrected chi connectivity index (χ2v) is 8.61. The Labute approximate surface area is 201 Å². The zero-order valence-electron chi connectivity index (χ0n) is 19.2. The molecule has 0 aliphatic carbocycles. The van der Waals surface area contributed by atoms with Crippen molar-refractivity contribution in [3.8, 4) is 34.3 Å². The van der Waals surface area contributed by atoms with E-state index in [1.165, 1.54) is 25.3 Å². The van der Waals surface area contributed by atoms with Gasteiger partial charge in [0.05, 0.1) is 24.1 Å². The first-order valence-electron chi connectivity index (χ1n) is 11.4. The molecule has 0 amide bonds. The first-order valence-corrected chi connectivity index (χ1v) is 11.4. The average molecular weight is 475 g/mol. The van der Waals surface area contributed by atoms with Crippen LogP contribution in [0.3, 0.4) is 0 Å². The van der Waals surface area contributed by atoms with E-state index >= 15 is 0 Å². The second kappa shape index (κ2) is 9.31. The van der Waals surface area contributed by atoms with Crippen molar-refractivity contribution in [3.05, 3.63) is 66.0 Å². The summed E-state index contributed by atoms with van der Waals surface area (Å²) in [5.74, 6) is -0.384. The lowest BCUT2D eigenvalue weighted by Crippen LogP contribution is -2.36. The van der Waals surface area contributed by atoms with E-state index in [9.17, 15) is 8.78 Å². The van der Waals surface area contributed by atoms with Gasteiger partial charge in [-0.05, 0) is 43.2 Å². The summed E-state index contributed by atoms with van der Waals surface area (Å²) in [4.78, 5) is 11.6. The van der Waals surface area contributed by atoms with Gasteiger partial charge in [-0.2, -0.15) is 5.26 Å². The number of nitrogens with zero attached hydrogens (tertiary/aromatic N) is 5. The summed E-state index contributed by atoms with van der Waals surface area (Å²) < 4.78 is 36.2. The van der Waals surface area contributed by atoms with Crippen LogP contribution in [0.5, 0.6) is 5.75 Å². The number of methoxy groups -OCH3 is 1. The van der Waals surface area contributed by atoms with Crippen molar-refractivity contribution in [2.24, 2.45) is 5.73 Å². The summed E-state index contributed by atoms with van der Waals surface area (Å²) in [6.45, 7) is 1.44. The van der Waals surface area contributed by atoms with Gasteiger partial charge in [-0.25, -0.2) is 18.7 Å². The molecule has 1 aliphatic rings. The van der Waals surface area contributed by atoms with E-state index in [1.54, 1.807) is 30.6 Å². The molecule has 3 heterocycles. The molecular weight excluding hydrogens is 450 g/mol. The van der Waals surface area contributed by atoms with Crippen LogP contribution in [0.2, 0.25) is 0 Å². The Morgan fingerprint density at radius 3 is 2.66 bits per heavy atom. The normalized spacial score (nSPS) is 16.2. The number of imidazole rings is 1. The maximum atomic E-state index is 14.7. The van der Waals surface area contributed by atoms with Gasteiger partial charge in [-0.15, -0.1) is 0 Å². The first-order chi connectivity index (χ1) is 17.0. The van der Waals surface area contributed by atoms with Crippen LogP contribution in [-0.2, 0) is 0 Å². The van der Waals surface area contributed by atoms with Crippen LogP contribution in [0.4, 0.5) is 14.6 Å². The van der Waals surface area contributed by atoms with Crippen molar-refractivity contribution < 1.29 is 13.5 Å². The van der Waals surface area contributed by atoms with Gasteiger partial charge in [-0.3, -0.25) is 4.40 Å². The Balaban J connectivity index is 1.76. The Hall–Kier alpha value is -4.03. The van der Waals surface area contributed by atoms with E-state index < -0.39 is 11.6 Å². The molecule has 2 N–H and O–H groups in total. The maximum absolute atomic E-state index is 14.7. The summed E-state index contributed by atoms with van der Waals surface area (Å²) >= 11 is 0. The molecule has 2 aromatic heterocycles. The molecule has 0 radical (unpaired) electrons. The standard InChI is InChI=1S/C26H24F2N6O/c1-35-22-8-7-17(13-21(22)28)24-23(16-5-6-18(14-29)20(27)12-16)32-26-25(31-9-11-34(24)26)33-10-3-2-4-19(30)15-33/h5-9,11-13,19H,2-4,10,15,30H2,1H3. The highest BCUT2D eigenvalue weighted by Gasteiger charge is 2.24. The maximum Gasteiger partial charge on any atom is 0.181 e. The lowest BCUT2D eigenvalue weighted by Gasteiger charge is -2.23. The van der Waals surface area contributed by atoms with Gasteiger partial charge in [0.1, 0.15) is 11.9 Å². The van der Waals surface area contributed by atoms with Crippen LogP contribution in [0, 0.1) is 23.0 Å². The Morgan fingerprint density at radius 2 is 1.91 bits per heavy atom. The number of benzene rings is 2. The number of nitriles is 1. The van der Waals surface area contributed by atoms with E-state index in [0.717, 1.165) is 25.8 Å². The molecule has 0 spiro atoms.